The SMILES string of the molecule is Cn1nnc(CC(N)c2ccncc2)n1. The Labute approximate surface area is 87.1 Å². The molecule has 2 heterocycles. The molecular formula is C9H12N6. The van der Waals surface area contributed by atoms with Gasteiger partial charge in [0.25, 0.3) is 0 Å². The first-order valence-corrected chi connectivity index (χ1v) is 4.64. The molecule has 78 valence electrons. The second-order valence-electron chi connectivity index (χ2n) is 3.29. The van der Waals surface area contributed by atoms with Crippen molar-refractivity contribution in [3.63, 3.8) is 0 Å². The molecule has 0 aliphatic heterocycles. The maximum atomic E-state index is 5.99. The Balaban J connectivity index is 2.07. The third kappa shape index (κ3) is 2.35. The van der Waals surface area contributed by atoms with Crippen LogP contribution in [0.3, 0.4) is 0 Å². The Bertz CT molecular complexity index is 423. The van der Waals surface area contributed by atoms with E-state index in [9.17, 15) is 0 Å². The van der Waals surface area contributed by atoms with Gasteiger partial charge < -0.3 is 5.73 Å². The van der Waals surface area contributed by atoms with Crippen LogP contribution in [0.25, 0.3) is 0 Å². The fourth-order valence-corrected chi connectivity index (χ4v) is 1.33. The summed E-state index contributed by atoms with van der Waals surface area (Å²) in [4.78, 5) is 5.36. The quantitative estimate of drug-likeness (QED) is 0.751. The third-order valence-corrected chi connectivity index (χ3v) is 2.09. The van der Waals surface area contributed by atoms with Gasteiger partial charge in [-0.05, 0) is 22.9 Å². The van der Waals surface area contributed by atoms with Crippen molar-refractivity contribution >= 4 is 0 Å². The van der Waals surface area contributed by atoms with Crippen LogP contribution in [0.15, 0.2) is 24.5 Å². The van der Waals surface area contributed by atoms with Gasteiger partial charge in [-0.25, -0.2) is 0 Å². The van der Waals surface area contributed by atoms with E-state index < -0.39 is 0 Å². The van der Waals surface area contributed by atoms with E-state index in [0.29, 0.717) is 12.2 Å². The first-order valence-electron chi connectivity index (χ1n) is 4.64. The summed E-state index contributed by atoms with van der Waals surface area (Å²) in [6.07, 6.45) is 4.02. The van der Waals surface area contributed by atoms with Crippen LogP contribution >= 0.6 is 0 Å². The zero-order valence-corrected chi connectivity index (χ0v) is 8.41. The molecule has 0 bridgehead atoms. The smallest absolute Gasteiger partial charge is 0.176 e. The van der Waals surface area contributed by atoms with Crippen LogP contribution in [0.5, 0.6) is 0 Å². The van der Waals surface area contributed by atoms with Crippen molar-refractivity contribution < 1.29 is 0 Å². The largest absolute Gasteiger partial charge is 0.324 e. The lowest BCUT2D eigenvalue weighted by Crippen LogP contribution is -2.14. The van der Waals surface area contributed by atoms with Crippen LogP contribution in [0.4, 0.5) is 0 Å². The minimum Gasteiger partial charge on any atom is -0.324 e. The van der Waals surface area contributed by atoms with Gasteiger partial charge in [-0.2, -0.15) is 4.80 Å². The molecule has 0 aromatic carbocycles. The maximum Gasteiger partial charge on any atom is 0.176 e. The molecule has 0 spiro atoms. The number of hydrogen-bond donors (Lipinski definition) is 1. The molecule has 0 aliphatic carbocycles. The zero-order chi connectivity index (χ0) is 10.7. The van der Waals surface area contributed by atoms with Gasteiger partial charge in [-0.15, -0.1) is 10.2 Å². The Morgan fingerprint density at radius 2 is 2.13 bits per heavy atom. The standard InChI is InChI=1S/C9H12N6/c1-15-13-9(12-14-15)6-8(10)7-2-4-11-5-3-7/h2-5,8H,6,10H2,1H3. The fraction of sp³-hybridized carbons (Fsp3) is 0.333. The van der Waals surface area contributed by atoms with Gasteiger partial charge in [-0.3, -0.25) is 4.98 Å². The van der Waals surface area contributed by atoms with Gasteiger partial charge in [-0.1, -0.05) is 0 Å². The van der Waals surface area contributed by atoms with Gasteiger partial charge in [0, 0.05) is 24.9 Å². The summed E-state index contributed by atoms with van der Waals surface area (Å²) >= 11 is 0. The minimum absolute atomic E-state index is 0.114. The number of tetrazole rings is 1. The van der Waals surface area contributed by atoms with Crippen molar-refractivity contribution in [3.8, 4) is 0 Å². The molecule has 0 fully saturated rings. The van der Waals surface area contributed by atoms with Crippen LogP contribution in [0.2, 0.25) is 0 Å². The first-order chi connectivity index (χ1) is 7.25. The van der Waals surface area contributed by atoms with E-state index >= 15 is 0 Å². The lowest BCUT2D eigenvalue weighted by atomic mass is 10.1. The number of nitrogens with two attached hydrogens (primary N) is 1. The highest BCUT2D eigenvalue weighted by molar-refractivity contribution is 5.15. The van der Waals surface area contributed by atoms with Crippen molar-refractivity contribution in [2.75, 3.05) is 0 Å². The summed E-state index contributed by atoms with van der Waals surface area (Å²) in [5, 5.41) is 11.7. The molecule has 2 aromatic heterocycles. The minimum atomic E-state index is -0.114. The lowest BCUT2D eigenvalue weighted by molar-refractivity contribution is 0.622. The molecule has 6 nitrogen and oxygen atoms in total. The molecule has 2 N–H and O–H groups in total. The zero-order valence-electron chi connectivity index (χ0n) is 8.41. The topological polar surface area (TPSA) is 82.5 Å². The number of rotatable bonds is 3. The van der Waals surface area contributed by atoms with Gasteiger partial charge >= 0.3 is 0 Å². The number of nitrogens with zero attached hydrogens (tertiary/aromatic N) is 5. The molecule has 1 atom stereocenters. The van der Waals surface area contributed by atoms with Crippen molar-refractivity contribution in [2.24, 2.45) is 12.8 Å². The second kappa shape index (κ2) is 4.14. The van der Waals surface area contributed by atoms with E-state index in [1.165, 1.54) is 4.80 Å². The van der Waals surface area contributed by atoms with Gasteiger partial charge in [0.1, 0.15) is 0 Å². The summed E-state index contributed by atoms with van der Waals surface area (Å²) in [7, 11) is 1.73. The van der Waals surface area contributed by atoms with Crippen LogP contribution in [0, 0.1) is 0 Å². The van der Waals surface area contributed by atoms with Crippen LogP contribution in [0.1, 0.15) is 17.4 Å². The average molecular weight is 204 g/mol. The van der Waals surface area contributed by atoms with Crippen molar-refractivity contribution in [3.05, 3.63) is 35.9 Å². The van der Waals surface area contributed by atoms with Crippen LogP contribution < -0.4 is 5.73 Å². The molecule has 0 radical (unpaired) electrons. The van der Waals surface area contributed by atoms with Gasteiger partial charge in [0.2, 0.25) is 0 Å². The van der Waals surface area contributed by atoms with E-state index in [0.717, 1.165) is 5.56 Å². The highest BCUT2D eigenvalue weighted by Crippen LogP contribution is 2.11. The van der Waals surface area contributed by atoms with E-state index in [1.54, 1.807) is 19.4 Å². The maximum absolute atomic E-state index is 5.99. The number of hydrogen-bond acceptors (Lipinski definition) is 5. The average Bonchev–Trinajstić information content (AvgIpc) is 2.65. The Morgan fingerprint density at radius 1 is 1.40 bits per heavy atom. The van der Waals surface area contributed by atoms with Crippen molar-refractivity contribution in [1.29, 1.82) is 0 Å². The molecule has 15 heavy (non-hydrogen) atoms. The highest BCUT2D eigenvalue weighted by Gasteiger charge is 2.10. The van der Waals surface area contributed by atoms with Crippen LogP contribution in [-0.2, 0) is 13.5 Å². The lowest BCUT2D eigenvalue weighted by Gasteiger charge is -2.08. The molecular weight excluding hydrogens is 192 g/mol. The number of aromatic nitrogens is 5. The Morgan fingerprint density at radius 3 is 2.73 bits per heavy atom. The summed E-state index contributed by atoms with van der Waals surface area (Å²) < 4.78 is 0. The van der Waals surface area contributed by atoms with Gasteiger partial charge in [0.15, 0.2) is 5.82 Å². The predicted octanol–water partition coefficient (Wildman–Crippen LogP) is -0.152. The van der Waals surface area contributed by atoms with E-state index in [2.05, 4.69) is 20.4 Å². The summed E-state index contributed by atoms with van der Waals surface area (Å²) in [5.41, 5.74) is 7.02. The molecule has 0 saturated heterocycles. The molecule has 1 unspecified atom stereocenters. The molecule has 2 aromatic rings. The Kier molecular flexibility index (Phi) is 2.68. The second-order valence-corrected chi connectivity index (χ2v) is 3.29. The van der Waals surface area contributed by atoms with E-state index in [1.807, 2.05) is 12.1 Å². The summed E-state index contributed by atoms with van der Waals surface area (Å²) in [6, 6.07) is 3.67. The third-order valence-electron chi connectivity index (χ3n) is 2.09. The first kappa shape index (κ1) is 9.72. The fourth-order valence-electron chi connectivity index (χ4n) is 1.33. The molecule has 6 heteroatoms. The number of aryl methyl sites for hydroxylation is 1. The van der Waals surface area contributed by atoms with Crippen molar-refractivity contribution in [2.45, 2.75) is 12.5 Å². The molecule has 0 aliphatic rings. The van der Waals surface area contributed by atoms with Gasteiger partial charge in [0.05, 0.1) is 7.05 Å². The number of pyridine rings is 1. The monoisotopic (exact) mass is 204 g/mol. The molecule has 2 rings (SSSR count). The summed E-state index contributed by atoms with van der Waals surface area (Å²) in [6.45, 7) is 0. The predicted molar refractivity (Wildman–Crippen MR) is 53.7 cm³/mol. The highest BCUT2D eigenvalue weighted by atomic mass is 15.6. The molecule has 0 amide bonds. The van der Waals surface area contributed by atoms with E-state index in [-0.39, 0.29) is 6.04 Å². The molecule has 0 saturated carbocycles. The van der Waals surface area contributed by atoms with Crippen molar-refractivity contribution in [1.82, 2.24) is 25.2 Å². The van der Waals surface area contributed by atoms with E-state index in [4.69, 9.17) is 5.73 Å². The normalized spacial score (nSPS) is 12.7. The Hall–Kier alpha value is -1.82. The van der Waals surface area contributed by atoms with Crippen LogP contribution in [-0.4, -0.2) is 25.2 Å². The summed E-state index contributed by atoms with van der Waals surface area (Å²) in [5.74, 6) is 0.654.